The van der Waals surface area contributed by atoms with E-state index in [2.05, 4.69) is 144 Å². The number of fused-ring (bicyclic) bond motifs is 6. The molecule has 2 heterocycles. The lowest BCUT2D eigenvalue weighted by molar-refractivity contribution is 0.668. The molecule has 0 aliphatic heterocycles. The summed E-state index contributed by atoms with van der Waals surface area (Å²) >= 11 is 0. The number of hydrogen-bond donors (Lipinski definition) is 0. The van der Waals surface area contributed by atoms with E-state index in [0.717, 1.165) is 83.2 Å². The lowest BCUT2D eigenvalue weighted by atomic mass is 9.99. The summed E-state index contributed by atoms with van der Waals surface area (Å²) in [5.74, 6) is 0. The van der Waals surface area contributed by atoms with Gasteiger partial charge in [-0.3, -0.25) is 0 Å². The highest BCUT2D eigenvalue weighted by Crippen LogP contribution is 2.46. The van der Waals surface area contributed by atoms with Gasteiger partial charge >= 0.3 is 0 Å². The second-order valence-corrected chi connectivity index (χ2v) is 11.3. The minimum atomic E-state index is 0.865. The molecule has 3 nitrogen and oxygen atoms in total. The molecule has 0 atom stereocenters. The molecule has 3 heteroatoms. The van der Waals surface area contributed by atoms with E-state index in [4.69, 9.17) is 8.83 Å². The van der Waals surface area contributed by atoms with Crippen LogP contribution in [0.5, 0.6) is 0 Å². The fourth-order valence-corrected chi connectivity index (χ4v) is 6.61. The van der Waals surface area contributed by atoms with Crippen LogP contribution in [0.4, 0.5) is 17.1 Å². The van der Waals surface area contributed by atoms with E-state index >= 15 is 0 Å². The summed E-state index contributed by atoms with van der Waals surface area (Å²) in [6.45, 7) is 0. The van der Waals surface area contributed by atoms with Crippen molar-refractivity contribution in [3.63, 3.8) is 0 Å². The lowest BCUT2D eigenvalue weighted by Gasteiger charge is -2.29. The zero-order chi connectivity index (χ0) is 29.7. The average Bonchev–Trinajstić information content (AvgIpc) is 3.68. The number of benzene rings is 7. The van der Waals surface area contributed by atoms with E-state index in [1.165, 1.54) is 0 Å². The predicted octanol–water partition coefficient (Wildman–Crippen LogP) is 12.3. The Balaban J connectivity index is 1.29. The Morgan fingerprint density at radius 2 is 0.956 bits per heavy atom. The van der Waals surface area contributed by atoms with E-state index < -0.39 is 0 Å². The highest BCUT2D eigenvalue weighted by Gasteiger charge is 2.22. The van der Waals surface area contributed by atoms with Crippen LogP contribution in [0.15, 0.2) is 173 Å². The molecule has 2 aromatic heterocycles. The van der Waals surface area contributed by atoms with Gasteiger partial charge in [0.05, 0.1) is 16.8 Å². The fourth-order valence-electron chi connectivity index (χ4n) is 6.61. The molecular formula is C42H27NO2. The van der Waals surface area contributed by atoms with Gasteiger partial charge in [-0.2, -0.15) is 0 Å². The molecule has 45 heavy (non-hydrogen) atoms. The quantitative estimate of drug-likeness (QED) is 0.204. The van der Waals surface area contributed by atoms with E-state index in [1.54, 1.807) is 0 Å². The van der Waals surface area contributed by atoms with Crippen LogP contribution in [0.25, 0.3) is 66.1 Å². The first kappa shape index (κ1) is 25.4. The van der Waals surface area contributed by atoms with Crippen LogP contribution in [0, 0.1) is 0 Å². The molecule has 0 unspecified atom stereocenters. The highest BCUT2D eigenvalue weighted by molar-refractivity contribution is 6.14. The highest BCUT2D eigenvalue weighted by atomic mass is 16.3. The normalized spacial score (nSPS) is 11.6. The summed E-state index contributed by atoms with van der Waals surface area (Å²) in [4.78, 5) is 2.38. The van der Waals surface area contributed by atoms with Crippen LogP contribution in [-0.4, -0.2) is 0 Å². The number of hydrogen-bond acceptors (Lipinski definition) is 3. The third-order valence-electron chi connectivity index (χ3n) is 8.67. The minimum absolute atomic E-state index is 0.865. The van der Waals surface area contributed by atoms with Gasteiger partial charge in [-0.05, 0) is 71.3 Å². The summed E-state index contributed by atoms with van der Waals surface area (Å²) in [7, 11) is 0. The first-order chi connectivity index (χ1) is 22.3. The van der Waals surface area contributed by atoms with Crippen molar-refractivity contribution in [2.75, 3.05) is 4.90 Å². The van der Waals surface area contributed by atoms with Crippen molar-refractivity contribution in [1.29, 1.82) is 0 Å². The summed E-state index contributed by atoms with van der Waals surface area (Å²) in [5, 5.41) is 4.43. The molecule has 7 aromatic carbocycles. The van der Waals surface area contributed by atoms with Crippen molar-refractivity contribution in [2.45, 2.75) is 0 Å². The maximum absolute atomic E-state index is 6.36. The average molecular weight is 578 g/mol. The zero-order valence-electron chi connectivity index (χ0n) is 24.4. The maximum Gasteiger partial charge on any atom is 0.137 e. The van der Waals surface area contributed by atoms with Gasteiger partial charge in [-0.15, -0.1) is 0 Å². The summed E-state index contributed by atoms with van der Waals surface area (Å²) in [6, 6.07) is 57.4. The van der Waals surface area contributed by atoms with Gasteiger partial charge in [-0.25, -0.2) is 0 Å². The molecular weight excluding hydrogens is 550 g/mol. The summed E-state index contributed by atoms with van der Waals surface area (Å²) in [6.07, 6.45) is 0. The number of furan rings is 2. The molecule has 212 valence electrons. The molecule has 0 radical (unpaired) electrons. The van der Waals surface area contributed by atoms with Gasteiger partial charge in [0.1, 0.15) is 22.3 Å². The van der Waals surface area contributed by atoms with Crippen LogP contribution in [0.3, 0.4) is 0 Å². The Kier molecular flexibility index (Phi) is 5.82. The summed E-state index contributed by atoms with van der Waals surface area (Å²) < 4.78 is 12.5. The maximum atomic E-state index is 6.36. The van der Waals surface area contributed by atoms with Gasteiger partial charge in [0.15, 0.2) is 0 Å². The van der Waals surface area contributed by atoms with Crippen molar-refractivity contribution in [2.24, 2.45) is 0 Å². The Morgan fingerprint density at radius 1 is 0.356 bits per heavy atom. The number of rotatable bonds is 5. The van der Waals surface area contributed by atoms with E-state index in [0.29, 0.717) is 0 Å². The molecule has 0 bridgehead atoms. The first-order valence-electron chi connectivity index (χ1n) is 15.2. The van der Waals surface area contributed by atoms with Crippen molar-refractivity contribution in [3.05, 3.63) is 164 Å². The van der Waals surface area contributed by atoms with E-state index in [9.17, 15) is 0 Å². The Hall–Kier alpha value is -6.06. The fraction of sp³-hybridized carbons (Fsp3) is 0. The number of nitrogens with zero attached hydrogens (tertiary/aromatic N) is 1. The second-order valence-electron chi connectivity index (χ2n) is 11.3. The number of para-hydroxylation sites is 3. The largest absolute Gasteiger partial charge is 0.456 e. The molecule has 0 aliphatic rings. The SMILES string of the molecule is c1ccc(-c2ccccc2N(c2cccc(-c3ccc4oc5ccccc5c4c3)c2)c2cccc3oc4ccccc4c23)cc1. The molecule has 0 N–H and O–H groups in total. The van der Waals surface area contributed by atoms with Crippen molar-refractivity contribution in [1.82, 2.24) is 0 Å². The second kappa shape index (κ2) is 10.3. The third-order valence-corrected chi connectivity index (χ3v) is 8.67. The molecule has 0 amide bonds. The van der Waals surface area contributed by atoms with Gasteiger partial charge in [0.25, 0.3) is 0 Å². The molecule has 0 saturated heterocycles. The van der Waals surface area contributed by atoms with Crippen LogP contribution >= 0.6 is 0 Å². The molecule has 0 fully saturated rings. The van der Waals surface area contributed by atoms with Gasteiger partial charge in [0, 0.05) is 27.4 Å². The molecule has 9 rings (SSSR count). The van der Waals surface area contributed by atoms with Crippen LogP contribution in [-0.2, 0) is 0 Å². The van der Waals surface area contributed by atoms with Gasteiger partial charge < -0.3 is 13.7 Å². The predicted molar refractivity (Wildman–Crippen MR) is 187 cm³/mol. The molecule has 9 aromatic rings. The first-order valence-corrected chi connectivity index (χ1v) is 15.2. The van der Waals surface area contributed by atoms with Crippen LogP contribution < -0.4 is 4.90 Å². The topological polar surface area (TPSA) is 29.5 Å². The van der Waals surface area contributed by atoms with E-state index in [1.807, 2.05) is 24.3 Å². The molecule has 0 saturated carbocycles. The third kappa shape index (κ3) is 4.21. The van der Waals surface area contributed by atoms with Crippen LogP contribution in [0.1, 0.15) is 0 Å². The van der Waals surface area contributed by atoms with Crippen LogP contribution in [0.2, 0.25) is 0 Å². The molecule has 0 spiro atoms. The van der Waals surface area contributed by atoms with Gasteiger partial charge in [0.2, 0.25) is 0 Å². The Labute approximate surface area is 260 Å². The van der Waals surface area contributed by atoms with Crippen molar-refractivity contribution < 1.29 is 8.83 Å². The Morgan fingerprint density at radius 3 is 1.84 bits per heavy atom. The van der Waals surface area contributed by atoms with E-state index in [-0.39, 0.29) is 0 Å². The lowest BCUT2D eigenvalue weighted by Crippen LogP contribution is -2.11. The van der Waals surface area contributed by atoms with Crippen molar-refractivity contribution in [3.8, 4) is 22.3 Å². The Bertz CT molecular complexity index is 2500. The number of anilines is 3. The smallest absolute Gasteiger partial charge is 0.137 e. The zero-order valence-corrected chi connectivity index (χ0v) is 24.4. The minimum Gasteiger partial charge on any atom is -0.456 e. The van der Waals surface area contributed by atoms with Crippen molar-refractivity contribution >= 4 is 60.9 Å². The monoisotopic (exact) mass is 577 g/mol. The van der Waals surface area contributed by atoms with Gasteiger partial charge in [-0.1, -0.05) is 109 Å². The summed E-state index contributed by atoms with van der Waals surface area (Å²) in [5.41, 5.74) is 11.3. The molecule has 0 aliphatic carbocycles. The standard InChI is InChI=1S/C42H27NO2/c1-2-12-28(13-3-1)32-16-4-7-19-36(32)43(37-20-11-23-41-42(37)34-18-6-9-22-39(34)45-41)31-15-10-14-29(26-31)30-24-25-40-35(27-30)33-17-5-8-21-38(33)44-40/h1-27H.